The quantitative estimate of drug-likeness (QED) is 0.539. The van der Waals surface area contributed by atoms with Crippen LogP contribution in [0.25, 0.3) is 0 Å². The number of rotatable bonds is 6. The summed E-state index contributed by atoms with van der Waals surface area (Å²) in [7, 11) is 0. The van der Waals surface area contributed by atoms with Gasteiger partial charge in [0, 0.05) is 11.7 Å². The first-order valence-electron chi connectivity index (χ1n) is 6.67. The zero-order chi connectivity index (χ0) is 13.5. The van der Waals surface area contributed by atoms with E-state index in [-0.39, 0.29) is 0 Å². The predicted molar refractivity (Wildman–Crippen MR) is 81.2 cm³/mol. The average molecular weight is 243 g/mol. The zero-order valence-electron chi connectivity index (χ0n) is 11.8. The van der Waals surface area contributed by atoms with Gasteiger partial charge >= 0.3 is 0 Å². The lowest BCUT2D eigenvalue weighted by Gasteiger charge is -2.22. The minimum Gasteiger partial charge on any atom is -0.382 e. The normalized spacial score (nSPS) is 22.4. The summed E-state index contributed by atoms with van der Waals surface area (Å²) in [4.78, 5) is 0. The highest BCUT2D eigenvalue weighted by molar-refractivity contribution is 5.22. The molecular formula is C17H25N. The van der Waals surface area contributed by atoms with Gasteiger partial charge in [-0.1, -0.05) is 57.4 Å². The van der Waals surface area contributed by atoms with Crippen LogP contribution in [0.1, 0.15) is 27.2 Å². The van der Waals surface area contributed by atoms with E-state index >= 15 is 0 Å². The largest absolute Gasteiger partial charge is 0.382 e. The van der Waals surface area contributed by atoms with Crippen LogP contribution >= 0.6 is 0 Å². The summed E-state index contributed by atoms with van der Waals surface area (Å²) in [6.07, 6.45) is 13.8. The average Bonchev–Trinajstić information content (AvgIpc) is 2.37. The Bertz CT molecular complexity index is 384. The smallest absolute Gasteiger partial charge is 0.0413 e. The van der Waals surface area contributed by atoms with Gasteiger partial charge in [-0.2, -0.15) is 0 Å². The fourth-order valence-corrected chi connectivity index (χ4v) is 1.89. The summed E-state index contributed by atoms with van der Waals surface area (Å²) in [6.45, 7) is 14.3. The minimum absolute atomic E-state index is 0.338. The molecule has 3 unspecified atom stereocenters. The molecule has 0 spiro atoms. The van der Waals surface area contributed by atoms with Crippen LogP contribution in [-0.4, -0.2) is 6.04 Å². The van der Waals surface area contributed by atoms with Crippen LogP contribution in [0.15, 0.2) is 60.9 Å². The Balaban J connectivity index is 2.51. The molecule has 1 rings (SSSR count). The maximum absolute atomic E-state index is 3.97. The highest BCUT2D eigenvalue weighted by Crippen LogP contribution is 2.18. The summed E-state index contributed by atoms with van der Waals surface area (Å²) in [5, 5.41) is 3.55. The Morgan fingerprint density at radius 2 is 2.17 bits per heavy atom. The molecule has 0 fully saturated rings. The lowest BCUT2D eigenvalue weighted by Crippen LogP contribution is -2.27. The standard InChI is InChI=1S/C17H25N/c1-6-13(2)14(3)11-12-16(5)18-17-10-8-7-9-15(17)4/h6-8,10-12,14-16,18H,1-2,9H2,3-5H3/b12-11-. The van der Waals surface area contributed by atoms with Gasteiger partial charge in [0.25, 0.3) is 0 Å². The van der Waals surface area contributed by atoms with Crippen LogP contribution in [0.4, 0.5) is 0 Å². The fourth-order valence-electron chi connectivity index (χ4n) is 1.89. The molecule has 1 aliphatic rings. The maximum atomic E-state index is 3.97. The van der Waals surface area contributed by atoms with Gasteiger partial charge in [0.05, 0.1) is 0 Å². The van der Waals surface area contributed by atoms with Crippen LogP contribution in [0, 0.1) is 11.8 Å². The lowest BCUT2D eigenvalue weighted by molar-refractivity contribution is 0.580. The summed E-state index contributed by atoms with van der Waals surface area (Å²) >= 11 is 0. The SMILES string of the molecule is C=CC(=C)C(C)/C=C\C(C)NC1=CC=CCC1C. The van der Waals surface area contributed by atoms with Crippen molar-refractivity contribution in [1.29, 1.82) is 0 Å². The van der Waals surface area contributed by atoms with Gasteiger partial charge in [0.2, 0.25) is 0 Å². The van der Waals surface area contributed by atoms with E-state index in [9.17, 15) is 0 Å². The molecule has 98 valence electrons. The third-order valence-corrected chi connectivity index (χ3v) is 3.36. The zero-order valence-corrected chi connectivity index (χ0v) is 11.8. The number of hydrogen-bond donors (Lipinski definition) is 1. The first-order chi connectivity index (χ1) is 8.54. The highest BCUT2D eigenvalue weighted by Gasteiger charge is 2.10. The third-order valence-electron chi connectivity index (χ3n) is 3.36. The van der Waals surface area contributed by atoms with Crippen molar-refractivity contribution in [3.63, 3.8) is 0 Å². The van der Waals surface area contributed by atoms with Crippen molar-refractivity contribution in [2.45, 2.75) is 33.2 Å². The second-order valence-electron chi connectivity index (χ2n) is 5.07. The van der Waals surface area contributed by atoms with Crippen LogP contribution in [0.3, 0.4) is 0 Å². The first kappa shape index (κ1) is 14.6. The number of allylic oxidation sites excluding steroid dienone is 7. The van der Waals surface area contributed by atoms with Crippen molar-refractivity contribution in [1.82, 2.24) is 5.32 Å². The van der Waals surface area contributed by atoms with Gasteiger partial charge in [-0.3, -0.25) is 0 Å². The van der Waals surface area contributed by atoms with E-state index in [2.05, 4.69) is 69.6 Å². The van der Waals surface area contributed by atoms with Gasteiger partial charge in [-0.25, -0.2) is 0 Å². The summed E-state index contributed by atoms with van der Waals surface area (Å²) in [5.74, 6) is 0.941. The second-order valence-corrected chi connectivity index (χ2v) is 5.07. The van der Waals surface area contributed by atoms with Gasteiger partial charge < -0.3 is 5.32 Å². The van der Waals surface area contributed by atoms with Crippen molar-refractivity contribution >= 4 is 0 Å². The molecular weight excluding hydrogens is 218 g/mol. The first-order valence-corrected chi connectivity index (χ1v) is 6.67. The molecule has 0 amide bonds. The molecule has 0 radical (unpaired) electrons. The summed E-state index contributed by atoms with van der Waals surface area (Å²) in [5.41, 5.74) is 2.39. The van der Waals surface area contributed by atoms with Crippen LogP contribution < -0.4 is 5.32 Å². The molecule has 0 aliphatic heterocycles. The highest BCUT2D eigenvalue weighted by atomic mass is 14.9. The van der Waals surface area contributed by atoms with E-state index in [4.69, 9.17) is 0 Å². The monoisotopic (exact) mass is 243 g/mol. The van der Waals surface area contributed by atoms with Crippen LogP contribution in [0.5, 0.6) is 0 Å². The summed E-state index contributed by atoms with van der Waals surface area (Å²) in [6, 6.07) is 0.338. The van der Waals surface area contributed by atoms with E-state index < -0.39 is 0 Å². The topological polar surface area (TPSA) is 12.0 Å². The van der Waals surface area contributed by atoms with E-state index in [1.807, 2.05) is 6.08 Å². The second kappa shape index (κ2) is 7.05. The molecule has 1 N–H and O–H groups in total. The van der Waals surface area contributed by atoms with E-state index in [0.29, 0.717) is 17.9 Å². The third kappa shape index (κ3) is 4.40. The van der Waals surface area contributed by atoms with E-state index in [1.54, 1.807) is 0 Å². The molecule has 0 bridgehead atoms. The number of nitrogens with one attached hydrogen (secondary N) is 1. The van der Waals surface area contributed by atoms with E-state index in [0.717, 1.165) is 12.0 Å². The van der Waals surface area contributed by atoms with Crippen LogP contribution in [-0.2, 0) is 0 Å². The molecule has 1 heteroatoms. The Hall–Kier alpha value is -1.50. The predicted octanol–water partition coefficient (Wildman–Crippen LogP) is 4.38. The number of hydrogen-bond acceptors (Lipinski definition) is 1. The van der Waals surface area contributed by atoms with Gasteiger partial charge in [0.1, 0.15) is 0 Å². The lowest BCUT2D eigenvalue weighted by atomic mass is 9.98. The van der Waals surface area contributed by atoms with Crippen molar-refractivity contribution in [2.75, 3.05) is 0 Å². The van der Waals surface area contributed by atoms with Gasteiger partial charge in [0.15, 0.2) is 0 Å². The molecule has 0 aromatic heterocycles. The Kier molecular flexibility index (Phi) is 5.70. The van der Waals surface area contributed by atoms with Crippen molar-refractivity contribution in [3.8, 4) is 0 Å². The van der Waals surface area contributed by atoms with Gasteiger partial charge in [-0.05, 0) is 36.8 Å². The molecule has 18 heavy (non-hydrogen) atoms. The molecule has 1 aliphatic carbocycles. The maximum Gasteiger partial charge on any atom is 0.0413 e. The van der Waals surface area contributed by atoms with Crippen molar-refractivity contribution < 1.29 is 0 Å². The molecule has 0 aromatic carbocycles. The van der Waals surface area contributed by atoms with E-state index in [1.165, 1.54) is 5.70 Å². The fraction of sp³-hybridized carbons (Fsp3) is 0.412. The molecule has 3 atom stereocenters. The Labute approximate surface area is 112 Å². The molecule has 0 aromatic rings. The van der Waals surface area contributed by atoms with Gasteiger partial charge in [-0.15, -0.1) is 0 Å². The molecule has 0 heterocycles. The van der Waals surface area contributed by atoms with Crippen molar-refractivity contribution in [2.24, 2.45) is 11.8 Å². The van der Waals surface area contributed by atoms with Crippen LogP contribution in [0.2, 0.25) is 0 Å². The Morgan fingerprint density at radius 1 is 1.44 bits per heavy atom. The van der Waals surface area contributed by atoms with Crippen molar-refractivity contribution in [3.05, 3.63) is 60.9 Å². The Morgan fingerprint density at radius 3 is 2.78 bits per heavy atom. The minimum atomic E-state index is 0.338. The molecule has 1 nitrogen and oxygen atoms in total. The molecule has 0 saturated carbocycles. The summed E-state index contributed by atoms with van der Waals surface area (Å²) < 4.78 is 0. The molecule has 0 saturated heterocycles.